The summed E-state index contributed by atoms with van der Waals surface area (Å²) >= 11 is 0. The zero-order valence-corrected chi connectivity index (χ0v) is 14.8. The van der Waals surface area contributed by atoms with Crippen molar-refractivity contribution in [2.45, 2.75) is 83.5 Å². The van der Waals surface area contributed by atoms with Gasteiger partial charge in [-0.15, -0.1) is 0 Å². The summed E-state index contributed by atoms with van der Waals surface area (Å²) in [5.74, 6) is 3.57. The summed E-state index contributed by atoms with van der Waals surface area (Å²) in [7, 11) is 0. The summed E-state index contributed by atoms with van der Waals surface area (Å²) in [4.78, 5) is 0. The third-order valence-electron chi connectivity index (χ3n) is 6.64. The first-order valence-electron chi connectivity index (χ1n) is 10.0. The van der Waals surface area contributed by atoms with Gasteiger partial charge in [0.1, 0.15) is 5.82 Å². The molecule has 0 saturated heterocycles. The van der Waals surface area contributed by atoms with E-state index in [4.69, 9.17) is 0 Å². The van der Waals surface area contributed by atoms with Crippen LogP contribution in [0.2, 0.25) is 0 Å². The van der Waals surface area contributed by atoms with Crippen LogP contribution in [0.3, 0.4) is 0 Å². The van der Waals surface area contributed by atoms with Gasteiger partial charge >= 0.3 is 0 Å². The quantitative estimate of drug-likeness (QED) is 0.543. The molecule has 2 aliphatic carbocycles. The van der Waals surface area contributed by atoms with Crippen LogP contribution in [-0.2, 0) is 0 Å². The number of hydrogen-bond acceptors (Lipinski definition) is 0. The van der Waals surface area contributed by atoms with Crippen molar-refractivity contribution in [3.8, 4) is 0 Å². The second kappa shape index (κ2) is 8.31. The predicted octanol–water partition coefficient (Wildman–Crippen LogP) is 7.10. The summed E-state index contributed by atoms with van der Waals surface area (Å²) in [5.41, 5.74) is 1.35. The molecule has 128 valence electrons. The van der Waals surface area contributed by atoms with Crippen LogP contribution < -0.4 is 0 Å². The number of unbranched alkanes of at least 4 members (excludes halogenated alkanes) is 1. The minimum absolute atomic E-state index is 0.109. The molecule has 23 heavy (non-hydrogen) atoms. The van der Waals surface area contributed by atoms with E-state index in [2.05, 4.69) is 6.92 Å². The molecule has 0 bridgehead atoms. The molecule has 0 nitrogen and oxygen atoms in total. The lowest BCUT2D eigenvalue weighted by molar-refractivity contribution is 0.156. The molecule has 0 amide bonds. The Labute approximate surface area is 141 Å². The maximum absolute atomic E-state index is 13.1. The summed E-state index contributed by atoms with van der Waals surface area (Å²) in [5, 5.41) is 0. The molecule has 1 aromatic carbocycles. The molecule has 1 aromatic rings. The van der Waals surface area contributed by atoms with Crippen LogP contribution in [0.25, 0.3) is 0 Å². The topological polar surface area (TPSA) is 0 Å². The molecule has 0 aliphatic heterocycles. The first-order chi connectivity index (χ1) is 11.3. The summed E-state index contributed by atoms with van der Waals surface area (Å²) < 4.78 is 13.1. The van der Waals surface area contributed by atoms with Gasteiger partial charge < -0.3 is 0 Å². The van der Waals surface area contributed by atoms with Gasteiger partial charge in [0, 0.05) is 0 Å². The lowest BCUT2D eigenvalue weighted by atomic mass is 9.68. The average Bonchev–Trinajstić information content (AvgIpc) is 2.61. The Kier molecular flexibility index (Phi) is 6.14. The standard InChI is InChI=1S/C22H33F/c1-2-3-4-17-5-7-18(8-6-17)19-9-11-20(12-10-19)21-13-15-22(23)16-14-21/h13-20H,2-12H2,1H3. The van der Waals surface area contributed by atoms with Crippen molar-refractivity contribution >= 4 is 0 Å². The zero-order valence-electron chi connectivity index (χ0n) is 14.8. The van der Waals surface area contributed by atoms with Crippen LogP contribution in [-0.4, -0.2) is 0 Å². The van der Waals surface area contributed by atoms with E-state index in [9.17, 15) is 4.39 Å². The van der Waals surface area contributed by atoms with E-state index < -0.39 is 0 Å². The highest BCUT2D eigenvalue weighted by atomic mass is 19.1. The fourth-order valence-electron chi connectivity index (χ4n) is 5.10. The van der Waals surface area contributed by atoms with Crippen molar-refractivity contribution in [1.82, 2.24) is 0 Å². The molecular formula is C22H33F. The van der Waals surface area contributed by atoms with Crippen LogP contribution in [0.1, 0.15) is 89.0 Å². The van der Waals surface area contributed by atoms with Crippen LogP contribution in [0, 0.1) is 23.6 Å². The van der Waals surface area contributed by atoms with Gasteiger partial charge in [-0.25, -0.2) is 4.39 Å². The minimum Gasteiger partial charge on any atom is -0.207 e. The smallest absolute Gasteiger partial charge is 0.123 e. The van der Waals surface area contributed by atoms with Crippen molar-refractivity contribution < 1.29 is 4.39 Å². The van der Waals surface area contributed by atoms with E-state index in [1.54, 1.807) is 12.1 Å². The number of benzene rings is 1. The van der Waals surface area contributed by atoms with E-state index in [1.165, 1.54) is 76.2 Å². The lowest BCUT2D eigenvalue weighted by Crippen LogP contribution is -2.25. The van der Waals surface area contributed by atoms with Gasteiger partial charge in [-0.1, -0.05) is 51.2 Å². The third-order valence-corrected chi connectivity index (χ3v) is 6.64. The monoisotopic (exact) mass is 316 g/mol. The first kappa shape index (κ1) is 17.0. The van der Waals surface area contributed by atoms with Crippen molar-refractivity contribution in [3.63, 3.8) is 0 Å². The van der Waals surface area contributed by atoms with Gasteiger partial charge in [-0.3, -0.25) is 0 Å². The molecule has 2 saturated carbocycles. The molecular weight excluding hydrogens is 283 g/mol. The Balaban J connectivity index is 1.43. The van der Waals surface area contributed by atoms with Gasteiger partial charge in [-0.05, 0) is 79.9 Å². The van der Waals surface area contributed by atoms with Gasteiger partial charge in [0.05, 0.1) is 0 Å². The van der Waals surface area contributed by atoms with Crippen LogP contribution >= 0.6 is 0 Å². The Morgan fingerprint density at radius 3 is 1.96 bits per heavy atom. The Bertz CT molecular complexity index is 447. The molecule has 0 unspecified atom stereocenters. The number of hydrogen-bond donors (Lipinski definition) is 0. The molecule has 0 spiro atoms. The molecule has 0 aromatic heterocycles. The van der Waals surface area contributed by atoms with Crippen molar-refractivity contribution in [2.75, 3.05) is 0 Å². The number of halogens is 1. The van der Waals surface area contributed by atoms with Gasteiger partial charge in [-0.2, -0.15) is 0 Å². The molecule has 2 fully saturated rings. The highest BCUT2D eigenvalue weighted by molar-refractivity contribution is 5.20. The van der Waals surface area contributed by atoms with Crippen LogP contribution in [0.15, 0.2) is 24.3 Å². The Morgan fingerprint density at radius 1 is 0.826 bits per heavy atom. The molecule has 0 atom stereocenters. The average molecular weight is 317 g/mol. The molecule has 1 heteroatoms. The zero-order chi connectivity index (χ0) is 16.1. The summed E-state index contributed by atoms with van der Waals surface area (Å²) in [6.45, 7) is 2.31. The summed E-state index contributed by atoms with van der Waals surface area (Å²) in [6.07, 6.45) is 15.6. The van der Waals surface area contributed by atoms with Crippen molar-refractivity contribution in [1.29, 1.82) is 0 Å². The fraction of sp³-hybridized carbons (Fsp3) is 0.727. The highest BCUT2D eigenvalue weighted by Crippen LogP contribution is 2.44. The Morgan fingerprint density at radius 2 is 1.39 bits per heavy atom. The number of rotatable bonds is 5. The van der Waals surface area contributed by atoms with Crippen molar-refractivity contribution in [2.24, 2.45) is 17.8 Å². The lowest BCUT2D eigenvalue weighted by Gasteiger charge is -2.38. The van der Waals surface area contributed by atoms with E-state index in [0.717, 1.165) is 17.8 Å². The molecule has 3 rings (SSSR count). The van der Waals surface area contributed by atoms with Gasteiger partial charge in [0.25, 0.3) is 0 Å². The largest absolute Gasteiger partial charge is 0.207 e. The maximum Gasteiger partial charge on any atom is 0.123 e. The second-order valence-corrected chi connectivity index (χ2v) is 8.09. The first-order valence-corrected chi connectivity index (χ1v) is 10.0. The van der Waals surface area contributed by atoms with Crippen molar-refractivity contribution in [3.05, 3.63) is 35.6 Å². The fourth-order valence-corrected chi connectivity index (χ4v) is 5.10. The maximum atomic E-state index is 13.1. The molecule has 2 aliphatic rings. The van der Waals surface area contributed by atoms with E-state index in [1.807, 2.05) is 12.1 Å². The molecule has 0 radical (unpaired) electrons. The predicted molar refractivity (Wildman–Crippen MR) is 96.1 cm³/mol. The second-order valence-electron chi connectivity index (χ2n) is 8.09. The minimum atomic E-state index is -0.109. The van der Waals surface area contributed by atoms with E-state index in [-0.39, 0.29) is 5.82 Å². The van der Waals surface area contributed by atoms with Crippen LogP contribution in [0.5, 0.6) is 0 Å². The van der Waals surface area contributed by atoms with Gasteiger partial charge in [0.2, 0.25) is 0 Å². The summed E-state index contributed by atoms with van der Waals surface area (Å²) in [6, 6.07) is 7.25. The molecule has 0 heterocycles. The Hall–Kier alpha value is -0.850. The van der Waals surface area contributed by atoms with E-state index in [0.29, 0.717) is 5.92 Å². The van der Waals surface area contributed by atoms with E-state index >= 15 is 0 Å². The van der Waals surface area contributed by atoms with Gasteiger partial charge in [0.15, 0.2) is 0 Å². The third kappa shape index (κ3) is 4.58. The highest BCUT2D eigenvalue weighted by Gasteiger charge is 2.31. The van der Waals surface area contributed by atoms with Crippen LogP contribution in [0.4, 0.5) is 4.39 Å². The normalized spacial score (nSPS) is 31.9. The molecule has 0 N–H and O–H groups in total. The SMILES string of the molecule is CCCCC1CCC(C2CCC(c3ccc(F)cc3)CC2)CC1.